The van der Waals surface area contributed by atoms with Gasteiger partial charge in [0.15, 0.2) is 0 Å². The Balaban J connectivity index is 2.32. The molecule has 0 aromatic rings. The molecule has 14 heavy (non-hydrogen) atoms. The molecule has 0 spiro atoms. The molecule has 1 fully saturated rings. The Labute approximate surface area is 86.8 Å². The third-order valence-electron chi connectivity index (χ3n) is 2.53. The van der Waals surface area contributed by atoms with E-state index in [1.165, 1.54) is 0 Å². The third-order valence-corrected chi connectivity index (χ3v) is 2.53. The smallest absolute Gasteiger partial charge is 0.0637 e. The summed E-state index contributed by atoms with van der Waals surface area (Å²) in [6.45, 7) is 8.63. The Kier molecular flexibility index (Phi) is 4.35. The van der Waals surface area contributed by atoms with E-state index in [0.717, 1.165) is 32.6 Å². The zero-order valence-corrected chi connectivity index (χ0v) is 9.55. The van der Waals surface area contributed by atoms with Crippen molar-refractivity contribution in [3.8, 4) is 0 Å². The van der Waals surface area contributed by atoms with Crippen molar-refractivity contribution in [1.82, 2.24) is 5.32 Å². The minimum atomic E-state index is -0.563. The summed E-state index contributed by atoms with van der Waals surface area (Å²) in [5, 5.41) is 13.5. The first-order chi connectivity index (χ1) is 6.49. The van der Waals surface area contributed by atoms with Gasteiger partial charge in [-0.1, -0.05) is 13.8 Å². The van der Waals surface area contributed by atoms with Crippen LogP contribution in [0.4, 0.5) is 0 Å². The summed E-state index contributed by atoms with van der Waals surface area (Å²) in [6, 6.07) is 0.317. The quantitative estimate of drug-likeness (QED) is 0.717. The number of ether oxygens (including phenoxy) is 1. The maximum absolute atomic E-state index is 10.1. The molecule has 0 amide bonds. The SMILES string of the molecule is CC(C)CC(C)(O)CC1COCCN1. The van der Waals surface area contributed by atoms with Crippen LogP contribution in [0.5, 0.6) is 0 Å². The normalized spacial score (nSPS) is 27.6. The highest BCUT2D eigenvalue weighted by Crippen LogP contribution is 2.22. The van der Waals surface area contributed by atoms with Crippen LogP contribution in [0.1, 0.15) is 33.6 Å². The molecule has 3 nitrogen and oxygen atoms in total. The van der Waals surface area contributed by atoms with Crippen molar-refractivity contribution in [2.24, 2.45) is 5.92 Å². The summed E-state index contributed by atoms with van der Waals surface area (Å²) in [5.41, 5.74) is -0.563. The van der Waals surface area contributed by atoms with Gasteiger partial charge in [0.1, 0.15) is 0 Å². The van der Waals surface area contributed by atoms with Gasteiger partial charge in [0, 0.05) is 12.6 Å². The Morgan fingerprint density at radius 1 is 1.57 bits per heavy atom. The number of morpholine rings is 1. The molecule has 1 aliphatic rings. The van der Waals surface area contributed by atoms with E-state index in [-0.39, 0.29) is 0 Å². The Morgan fingerprint density at radius 2 is 2.29 bits per heavy atom. The van der Waals surface area contributed by atoms with E-state index in [9.17, 15) is 5.11 Å². The van der Waals surface area contributed by atoms with Crippen molar-refractivity contribution in [3.05, 3.63) is 0 Å². The molecular formula is C11H23NO2. The van der Waals surface area contributed by atoms with Gasteiger partial charge in [-0.05, 0) is 25.7 Å². The van der Waals surface area contributed by atoms with Crippen LogP contribution in [0.2, 0.25) is 0 Å². The molecular weight excluding hydrogens is 178 g/mol. The van der Waals surface area contributed by atoms with E-state index in [4.69, 9.17) is 4.74 Å². The average Bonchev–Trinajstić information content (AvgIpc) is 2.02. The molecule has 3 heteroatoms. The third kappa shape index (κ3) is 4.40. The summed E-state index contributed by atoms with van der Waals surface area (Å²) < 4.78 is 5.36. The maximum atomic E-state index is 10.1. The van der Waals surface area contributed by atoms with E-state index in [0.29, 0.717) is 12.0 Å². The molecule has 2 atom stereocenters. The molecule has 1 aliphatic heterocycles. The topological polar surface area (TPSA) is 41.5 Å². The predicted molar refractivity (Wildman–Crippen MR) is 57.3 cm³/mol. The molecule has 0 aromatic heterocycles. The predicted octanol–water partition coefficient (Wildman–Crippen LogP) is 1.16. The van der Waals surface area contributed by atoms with Crippen molar-refractivity contribution in [1.29, 1.82) is 0 Å². The van der Waals surface area contributed by atoms with Gasteiger partial charge in [-0.2, -0.15) is 0 Å². The highest BCUT2D eigenvalue weighted by molar-refractivity contribution is 4.82. The Bertz CT molecular complexity index is 163. The van der Waals surface area contributed by atoms with Crippen LogP contribution in [0.3, 0.4) is 0 Å². The van der Waals surface area contributed by atoms with Gasteiger partial charge >= 0.3 is 0 Å². The maximum Gasteiger partial charge on any atom is 0.0637 e. The van der Waals surface area contributed by atoms with Crippen molar-refractivity contribution >= 4 is 0 Å². The number of aliphatic hydroxyl groups is 1. The first-order valence-corrected chi connectivity index (χ1v) is 5.53. The summed E-state index contributed by atoms with van der Waals surface area (Å²) >= 11 is 0. The van der Waals surface area contributed by atoms with Gasteiger partial charge in [-0.25, -0.2) is 0 Å². The van der Waals surface area contributed by atoms with Crippen LogP contribution >= 0.6 is 0 Å². The monoisotopic (exact) mass is 201 g/mol. The highest BCUT2D eigenvalue weighted by atomic mass is 16.5. The minimum Gasteiger partial charge on any atom is -0.390 e. The zero-order valence-electron chi connectivity index (χ0n) is 9.55. The molecule has 2 unspecified atom stereocenters. The van der Waals surface area contributed by atoms with Gasteiger partial charge < -0.3 is 15.2 Å². The lowest BCUT2D eigenvalue weighted by atomic mass is 9.88. The van der Waals surface area contributed by atoms with Crippen LogP contribution in [0.15, 0.2) is 0 Å². The second-order valence-corrected chi connectivity index (χ2v) is 5.02. The van der Waals surface area contributed by atoms with Crippen LogP contribution in [-0.4, -0.2) is 36.5 Å². The molecule has 84 valence electrons. The average molecular weight is 201 g/mol. The first-order valence-electron chi connectivity index (χ1n) is 5.53. The lowest BCUT2D eigenvalue weighted by Crippen LogP contribution is -2.46. The summed E-state index contributed by atoms with van der Waals surface area (Å²) in [7, 11) is 0. The van der Waals surface area contributed by atoms with Crippen molar-refractivity contribution in [3.63, 3.8) is 0 Å². The van der Waals surface area contributed by atoms with Gasteiger partial charge in [0.25, 0.3) is 0 Å². The molecule has 0 radical (unpaired) electrons. The number of hydrogen-bond donors (Lipinski definition) is 2. The van der Waals surface area contributed by atoms with Gasteiger partial charge in [0.05, 0.1) is 18.8 Å². The number of rotatable bonds is 4. The molecule has 1 heterocycles. The lowest BCUT2D eigenvalue weighted by molar-refractivity contribution is -0.00633. The zero-order chi connectivity index (χ0) is 10.6. The lowest BCUT2D eigenvalue weighted by Gasteiger charge is -2.32. The van der Waals surface area contributed by atoms with Crippen LogP contribution in [-0.2, 0) is 4.74 Å². The van der Waals surface area contributed by atoms with E-state index in [1.807, 2.05) is 6.92 Å². The summed E-state index contributed by atoms with van der Waals surface area (Å²) in [4.78, 5) is 0. The fourth-order valence-corrected chi connectivity index (χ4v) is 2.24. The first kappa shape index (κ1) is 12.0. The van der Waals surface area contributed by atoms with Crippen LogP contribution < -0.4 is 5.32 Å². The molecule has 2 N–H and O–H groups in total. The molecule has 0 aliphatic carbocycles. The second kappa shape index (κ2) is 5.10. The van der Waals surface area contributed by atoms with Crippen molar-refractivity contribution in [2.45, 2.75) is 45.3 Å². The summed E-state index contributed by atoms with van der Waals surface area (Å²) in [5.74, 6) is 0.537. The van der Waals surface area contributed by atoms with Gasteiger partial charge in [-0.15, -0.1) is 0 Å². The highest BCUT2D eigenvalue weighted by Gasteiger charge is 2.27. The van der Waals surface area contributed by atoms with Gasteiger partial charge in [-0.3, -0.25) is 0 Å². The van der Waals surface area contributed by atoms with E-state index < -0.39 is 5.60 Å². The minimum absolute atomic E-state index is 0.317. The number of hydrogen-bond acceptors (Lipinski definition) is 3. The fraction of sp³-hybridized carbons (Fsp3) is 1.00. The van der Waals surface area contributed by atoms with Crippen molar-refractivity contribution in [2.75, 3.05) is 19.8 Å². The number of nitrogens with one attached hydrogen (secondary N) is 1. The Morgan fingerprint density at radius 3 is 2.79 bits per heavy atom. The van der Waals surface area contributed by atoms with Crippen molar-refractivity contribution < 1.29 is 9.84 Å². The summed E-state index contributed by atoms with van der Waals surface area (Å²) in [6.07, 6.45) is 1.64. The Hall–Kier alpha value is -0.120. The van der Waals surface area contributed by atoms with E-state index in [1.54, 1.807) is 0 Å². The fourth-order valence-electron chi connectivity index (χ4n) is 2.24. The van der Waals surface area contributed by atoms with E-state index >= 15 is 0 Å². The molecule has 0 saturated carbocycles. The van der Waals surface area contributed by atoms with Crippen LogP contribution in [0.25, 0.3) is 0 Å². The van der Waals surface area contributed by atoms with Crippen LogP contribution in [0, 0.1) is 5.92 Å². The molecule has 1 saturated heterocycles. The second-order valence-electron chi connectivity index (χ2n) is 5.02. The van der Waals surface area contributed by atoms with E-state index in [2.05, 4.69) is 19.2 Å². The largest absolute Gasteiger partial charge is 0.390 e. The standard InChI is InChI=1S/C11H23NO2/c1-9(2)6-11(3,13)7-10-8-14-5-4-12-10/h9-10,12-13H,4-8H2,1-3H3. The van der Waals surface area contributed by atoms with Gasteiger partial charge in [0.2, 0.25) is 0 Å². The molecule has 0 bridgehead atoms. The molecule has 1 rings (SSSR count). The molecule has 0 aromatic carbocycles.